The van der Waals surface area contributed by atoms with Gasteiger partial charge in [-0.25, -0.2) is 22.0 Å². The molecule has 0 aliphatic rings. The van der Waals surface area contributed by atoms with E-state index >= 15 is 0 Å². The summed E-state index contributed by atoms with van der Waals surface area (Å²) in [5.74, 6) is -16.8. The monoisotopic (exact) mass is 399 g/mol. The number of carbonyl (C=O) groups excluding carboxylic acids is 2. The van der Waals surface area contributed by atoms with Crippen molar-refractivity contribution in [2.45, 2.75) is 6.18 Å². The van der Waals surface area contributed by atoms with Crippen molar-refractivity contribution in [3.63, 3.8) is 0 Å². The number of hydrogen-bond acceptors (Lipinski definition) is 3. The van der Waals surface area contributed by atoms with Gasteiger partial charge in [-0.05, 0) is 24.3 Å². The van der Waals surface area contributed by atoms with Gasteiger partial charge in [0.15, 0.2) is 23.3 Å². The van der Waals surface area contributed by atoms with E-state index in [-0.39, 0.29) is 0 Å². The first-order valence-corrected chi connectivity index (χ1v) is 6.64. The van der Waals surface area contributed by atoms with Crippen molar-refractivity contribution in [1.82, 2.24) is 5.06 Å². The number of nitrogens with zero attached hydrogens (tertiary/aromatic N) is 1. The first-order chi connectivity index (χ1) is 12.4. The lowest BCUT2D eigenvalue weighted by Crippen LogP contribution is -2.35. The molecule has 2 rings (SSSR count). The maximum Gasteiger partial charge on any atom is 0.416 e. The maximum atomic E-state index is 13.5. The molecule has 0 fully saturated rings. The Kier molecular flexibility index (Phi) is 5.22. The number of halogens is 8. The molecule has 0 radical (unpaired) electrons. The zero-order chi connectivity index (χ0) is 20.7. The topological polar surface area (TPSA) is 57.6 Å². The van der Waals surface area contributed by atoms with Crippen LogP contribution in [0.1, 0.15) is 26.3 Å². The number of amides is 2. The first kappa shape index (κ1) is 20.3. The van der Waals surface area contributed by atoms with Gasteiger partial charge in [-0.2, -0.15) is 13.2 Å². The van der Waals surface area contributed by atoms with Gasteiger partial charge in [0.05, 0.1) is 5.56 Å². The highest BCUT2D eigenvalue weighted by Crippen LogP contribution is 2.29. The van der Waals surface area contributed by atoms with Crippen LogP contribution < -0.4 is 0 Å². The zero-order valence-corrected chi connectivity index (χ0v) is 12.5. The van der Waals surface area contributed by atoms with Crippen LogP contribution in [0, 0.1) is 29.1 Å². The molecule has 2 amide bonds. The standard InChI is InChI=1S/C15H5F8NO3/c16-8-7(9(17)11(19)12(20)10(8)18)14(26)24(27)13(25)5-1-3-6(4-2-5)15(21,22)23/h1-4,27H. The molecule has 0 heterocycles. The van der Waals surface area contributed by atoms with Gasteiger partial charge in [-0.3, -0.25) is 14.8 Å². The van der Waals surface area contributed by atoms with Crippen molar-refractivity contribution in [2.24, 2.45) is 0 Å². The average Bonchev–Trinajstić information content (AvgIpc) is 2.63. The fraction of sp³-hybridized carbons (Fsp3) is 0.0667. The Labute approximate surface area is 144 Å². The zero-order valence-electron chi connectivity index (χ0n) is 12.5. The molecule has 0 aromatic heterocycles. The molecule has 0 bridgehead atoms. The van der Waals surface area contributed by atoms with Crippen molar-refractivity contribution < 1.29 is 49.9 Å². The van der Waals surface area contributed by atoms with Crippen LogP contribution in [0.3, 0.4) is 0 Å². The van der Waals surface area contributed by atoms with E-state index in [1.807, 2.05) is 0 Å². The number of hydroxylamine groups is 2. The second-order valence-electron chi connectivity index (χ2n) is 4.94. The molecule has 12 heteroatoms. The van der Waals surface area contributed by atoms with Crippen molar-refractivity contribution in [3.8, 4) is 0 Å². The Balaban J connectivity index is 2.40. The SMILES string of the molecule is O=C(c1ccc(C(F)(F)F)cc1)N(O)C(=O)c1c(F)c(F)c(F)c(F)c1F. The summed E-state index contributed by atoms with van der Waals surface area (Å²) in [6, 6.07) is 1.87. The minimum absolute atomic E-state index is 0.407. The van der Waals surface area contributed by atoms with Crippen LogP contribution in [-0.2, 0) is 6.18 Å². The van der Waals surface area contributed by atoms with Gasteiger partial charge in [0.2, 0.25) is 5.82 Å². The van der Waals surface area contributed by atoms with Crippen molar-refractivity contribution in [3.05, 3.63) is 70.0 Å². The average molecular weight is 399 g/mol. The Morgan fingerprint density at radius 3 is 1.56 bits per heavy atom. The van der Waals surface area contributed by atoms with Crippen molar-refractivity contribution >= 4 is 11.8 Å². The second kappa shape index (κ2) is 6.95. The number of hydrogen-bond donors (Lipinski definition) is 1. The number of rotatable bonds is 2. The molecule has 0 aliphatic carbocycles. The fourth-order valence-electron chi connectivity index (χ4n) is 1.91. The summed E-state index contributed by atoms with van der Waals surface area (Å²) in [6.45, 7) is 0. The lowest BCUT2D eigenvalue weighted by molar-refractivity contribution is -0.137. The minimum atomic E-state index is -4.76. The van der Waals surface area contributed by atoms with Gasteiger partial charge in [-0.1, -0.05) is 0 Å². The van der Waals surface area contributed by atoms with Crippen LogP contribution in [0.25, 0.3) is 0 Å². The Hall–Kier alpha value is -3.02. The third-order valence-electron chi connectivity index (χ3n) is 3.27. The van der Waals surface area contributed by atoms with E-state index in [0.717, 1.165) is 0 Å². The predicted octanol–water partition coefficient (Wildman–Crippen LogP) is 4.07. The van der Waals surface area contributed by atoms with Crippen LogP contribution in [-0.4, -0.2) is 22.1 Å². The quantitative estimate of drug-likeness (QED) is 0.207. The highest BCUT2D eigenvalue weighted by Gasteiger charge is 2.35. The lowest BCUT2D eigenvalue weighted by atomic mass is 10.1. The van der Waals surface area contributed by atoms with E-state index in [4.69, 9.17) is 0 Å². The number of benzene rings is 2. The molecular formula is C15H5F8NO3. The molecule has 0 saturated carbocycles. The van der Waals surface area contributed by atoms with Gasteiger partial charge in [0, 0.05) is 5.56 Å². The molecule has 2 aromatic carbocycles. The van der Waals surface area contributed by atoms with Crippen LogP contribution in [0.4, 0.5) is 35.1 Å². The lowest BCUT2D eigenvalue weighted by Gasteiger charge is -2.15. The minimum Gasteiger partial charge on any atom is -0.278 e. The maximum absolute atomic E-state index is 13.5. The molecule has 0 saturated heterocycles. The molecule has 144 valence electrons. The van der Waals surface area contributed by atoms with Crippen LogP contribution in [0.2, 0.25) is 0 Å². The number of imide groups is 1. The largest absolute Gasteiger partial charge is 0.416 e. The molecule has 0 atom stereocenters. The third-order valence-corrected chi connectivity index (χ3v) is 3.27. The summed E-state index contributed by atoms with van der Waals surface area (Å²) < 4.78 is 104. The summed E-state index contributed by atoms with van der Waals surface area (Å²) in [4.78, 5) is 23.6. The van der Waals surface area contributed by atoms with E-state index in [1.54, 1.807) is 0 Å². The molecule has 1 N–H and O–H groups in total. The van der Waals surface area contributed by atoms with E-state index < -0.39 is 68.8 Å². The Morgan fingerprint density at radius 1 is 0.741 bits per heavy atom. The van der Waals surface area contributed by atoms with Gasteiger partial charge in [0.1, 0.15) is 5.56 Å². The smallest absolute Gasteiger partial charge is 0.278 e. The summed E-state index contributed by atoms with van der Waals surface area (Å²) >= 11 is 0. The number of carbonyl (C=O) groups is 2. The third kappa shape index (κ3) is 3.60. The summed E-state index contributed by atoms with van der Waals surface area (Å²) in [7, 11) is 0. The fourth-order valence-corrected chi connectivity index (χ4v) is 1.91. The van der Waals surface area contributed by atoms with Crippen molar-refractivity contribution in [1.29, 1.82) is 0 Å². The summed E-state index contributed by atoms with van der Waals surface area (Å²) in [6.07, 6.45) is -4.76. The molecule has 27 heavy (non-hydrogen) atoms. The normalized spacial score (nSPS) is 11.4. The highest BCUT2D eigenvalue weighted by molar-refractivity contribution is 6.09. The van der Waals surface area contributed by atoms with E-state index in [0.29, 0.717) is 24.3 Å². The Morgan fingerprint density at radius 2 is 1.15 bits per heavy atom. The summed E-state index contributed by atoms with van der Waals surface area (Å²) in [5.41, 5.74) is -4.04. The van der Waals surface area contributed by atoms with E-state index in [1.165, 1.54) is 0 Å². The summed E-state index contributed by atoms with van der Waals surface area (Å²) in [5, 5.41) is 8.48. The van der Waals surface area contributed by atoms with Crippen LogP contribution in [0.15, 0.2) is 24.3 Å². The van der Waals surface area contributed by atoms with Crippen LogP contribution >= 0.6 is 0 Å². The molecule has 0 unspecified atom stereocenters. The van der Waals surface area contributed by atoms with E-state index in [9.17, 15) is 49.9 Å². The molecule has 4 nitrogen and oxygen atoms in total. The molecule has 2 aromatic rings. The van der Waals surface area contributed by atoms with Gasteiger partial charge < -0.3 is 0 Å². The van der Waals surface area contributed by atoms with Gasteiger partial charge in [-0.15, -0.1) is 5.06 Å². The Bertz CT molecular complexity index is 895. The molecular weight excluding hydrogens is 394 g/mol. The first-order valence-electron chi connectivity index (χ1n) is 6.64. The predicted molar refractivity (Wildman–Crippen MR) is 70.0 cm³/mol. The van der Waals surface area contributed by atoms with E-state index in [2.05, 4.69) is 0 Å². The van der Waals surface area contributed by atoms with Gasteiger partial charge in [0.25, 0.3) is 11.8 Å². The molecule has 0 aliphatic heterocycles. The highest BCUT2D eigenvalue weighted by atomic mass is 19.4. The van der Waals surface area contributed by atoms with Gasteiger partial charge >= 0.3 is 6.18 Å². The molecule has 0 spiro atoms. The van der Waals surface area contributed by atoms with Crippen LogP contribution in [0.5, 0.6) is 0 Å². The number of alkyl halides is 3. The van der Waals surface area contributed by atoms with Crippen molar-refractivity contribution in [2.75, 3.05) is 0 Å². The second-order valence-corrected chi connectivity index (χ2v) is 4.94.